The molecule has 4 rings (SSSR count). The highest BCUT2D eigenvalue weighted by Gasteiger charge is 2.69. The van der Waals surface area contributed by atoms with E-state index in [0.29, 0.717) is 6.29 Å². The molecule has 0 saturated carbocycles. The van der Waals surface area contributed by atoms with Crippen LogP contribution >= 0.6 is 0 Å². The Labute approximate surface area is 200 Å². The molecule has 1 aliphatic carbocycles. The lowest BCUT2D eigenvalue weighted by Crippen LogP contribution is -2.63. The maximum Gasteiger partial charge on any atom is 0.281 e. The second-order valence-corrected chi connectivity index (χ2v) is 11.1. The summed E-state index contributed by atoms with van der Waals surface area (Å²) in [7, 11) is -1.95. The molecule has 8 nitrogen and oxygen atoms in total. The number of amides is 1. The van der Waals surface area contributed by atoms with Gasteiger partial charge < -0.3 is 15.8 Å². The van der Waals surface area contributed by atoms with Crippen LogP contribution in [0.5, 0.6) is 0 Å². The third kappa shape index (κ3) is 3.54. The van der Waals surface area contributed by atoms with Gasteiger partial charge in [0.05, 0.1) is 28.6 Å². The molecule has 3 N–H and O–H groups in total. The summed E-state index contributed by atoms with van der Waals surface area (Å²) in [6.07, 6.45) is 1.74. The number of amidine groups is 1. The quantitative estimate of drug-likeness (QED) is 0.445. The zero-order valence-corrected chi connectivity index (χ0v) is 19.6. The average Bonchev–Trinajstić information content (AvgIpc) is 3.08. The number of alkyl halides is 3. The molecule has 188 valence electrons. The summed E-state index contributed by atoms with van der Waals surface area (Å²) in [4.78, 5) is 36.0. The minimum Gasteiger partial charge on any atom is -0.386 e. The number of aromatic nitrogens is 2. The maximum atomic E-state index is 15.4. The van der Waals surface area contributed by atoms with Gasteiger partial charge >= 0.3 is 0 Å². The van der Waals surface area contributed by atoms with Gasteiger partial charge in [-0.25, -0.2) is 22.5 Å². The van der Waals surface area contributed by atoms with E-state index in [0.717, 1.165) is 18.5 Å². The van der Waals surface area contributed by atoms with Crippen LogP contribution in [0.3, 0.4) is 0 Å². The summed E-state index contributed by atoms with van der Waals surface area (Å²) < 4.78 is 66.5. The monoisotopic (exact) mass is 513 g/mol. The molecule has 3 heterocycles. The number of fused-ring (bicyclic) bond motifs is 2. The maximum absolute atomic E-state index is 15.4. The van der Waals surface area contributed by atoms with Gasteiger partial charge in [0.15, 0.2) is 0 Å². The Morgan fingerprint density at radius 1 is 1.31 bits per heavy atom. The van der Waals surface area contributed by atoms with Crippen LogP contribution in [0, 0.1) is 11.3 Å². The number of nitrogens with zero attached hydrogens (tertiary/aromatic N) is 3. The van der Waals surface area contributed by atoms with E-state index in [2.05, 4.69) is 20.3 Å². The first-order valence-electron chi connectivity index (χ1n) is 10.7. The van der Waals surface area contributed by atoms with Crippen molar-refractivity contribution in [1.82, 2.24) is 15.3 Å². The van der Waals surface area contributed by atoms with E-state index in [1.54, 1.807) is 6.92 Å². The largest absolute Gasteiger partial charge is 0.386 e. The second kappa shape index (κ2) is 8.61. The number of nitrogens with one attached hydrogen (secondary N) is 1. The Hall–Kier alpha value is -2.96. The Kier molecular flexibility index (Phi) is 6.18. The molecule has 1 amide bonds. The number of hydrogen-bond acceptors (Lipinski definition) is 7. The summed E-state index contributed by atoms with van der Waals surface area (Å²) in [6, 6.07) is 0. The Morgan fingerprint density at radius 2 is 2.03 bits per heavy atom. The molecule has 13 heteroatoms. The van der Waals surface area contributed by atoms with E-state index in [1.807, 2.05) is 0 Å². The molecule has 4 unspecified atom stereocenters. The third-order valence-corrected chi connectivity index (χ3v) is 9.99. The molecule has 0 spiro atoms. The Morgan fingerprint density at radius 3 is 2.60 bits per heavy atom. The summed E-state index contributed by atoms with van der Waals surface area (Å²) in [5.74, 6) is -2.63. The number of hydrogen-bond donors (Lipinski definition) is 2. The Bertz CT molecular complexity index is 1190. The smallest absolute Gasteiger partial charge is 0.281 e. The number of rotatable bonds is 6. The van der Waals surface area contributed by atoms with Crippen molar-refractivity contribution < 1.29 is 31.4 Å². The molecule has 2 bridgehead atoms. The third-order valence-electron chi connectivity index (χ3n) is 7.48. The van der Waals surface area contributed by atoms with Gasteiger partial charge in [-0.1, -0.05) is 6.92 Å². The molecule has 1 aromatic rings. The number of aldehydes is 1. The highest BCUT2D eigenvalue weighted by Crippen LogP contribution is 2.58. The molecule has 35 heavy (non-hydrogen) atoms. The van der Waals surface area contributed by atoms with Gasteiger partial charge in [-0.05, 0) is 25.5 Å². The van der Waals surface area contributed by atoms with E-state index in [1.165, 1.54) is 13.0 Å². The van der Waals surface area contributed by atoms with Crippen molar-refractivity contribution in [2.75, 3.05) is 6.67 Å². The van der Waals surface area contributed by atoms with Crippen LogP contribution in [0.2, 0.25) is 0 Å². The minimum atomic E-state index is -2.84. The summed E-state index contributed by atoms with van der Waals surface area (Å²) >= 11 is 0. The second-order valence-electron chi connectivity index (χ2n) is 9.23. The number of allylic oxidation sites excluding steroid dienone is 3. The lowest BCUT2D eigenvalue weighted by molar-refractivity contribution is -0.111. The van der Waals surface area contributed by atoms with Crippen molar-refractivity contribution in [2.45, 2.75) is 48.7 Å². The molecule has 3 aliphatic rings. The van der Waals surface area contributed by atoms with Gasteiger partial charge in [0.2, 0.25) is 0 Å². The summed E-state index contributed by atoms with van der Waals surface area (Å²) in [6.45, 7) is 1.96. The van der Waals surface area contributed by atoms with E-state index < -0.39 is 68.2 Å². The predicted octanol–water partition coefficient (Wildman–Crippen LogP) is 2.47. The zero-order valence-electron chi connectivity index (χ0n) is 18.8. The van der Waals surface area contributed by atoms with E-state index >= 15 is 4.39 Å². The molecule has 0 radical (unpaired) electrons. The first-order chi connectivity index (χ1) is 16.4. The van der Waals surface area contributed by atoms with Gasteiger partial charge in [0.1, 0.15) is 40.8 Å². The van der Waals surface area contributed by atoms with Gasteiger partial charge in [0.25, 0.3) is 12.3 Å². The topological polar surface area (TPSA) is 127 Å². The van der Waals surface area contributed by atoms with E-state index in [-0.39, 0.29) is 30.1 Å². The van der Waals surface area contributed by atoms with E-state index in [9.17, 15) is 27.0 Å². The van der Waals surface area contributed by atoms with Crippen LogP contribution in [-0.2, 0) is 15.6 Å². The number of carbonyl (C=O) groups excluding carboxylic acids is 2. The highest BCUT2D eigenvalue weighted by molar-refractivity contribution is 7.88. The van der Waals surface area contributed by atoms with Crippen LogP contribution < -0.4 is 11.1 Å². The van der Waals surface area contributed by atoms with Crippen molar-refractivity contribution in [3.63, 3.8) is 0 Å². The van der Waals surface area contributed by atoms with Gasteiger partial charge in [-0.15, -0.1) is 0 Å². The summed E-state index contributed by atoms with van der Waals surface area (Å²) in [5.41, 5.74) is 2.65. The van der Waals surface area contributed by atoms with Crippen molar-refractivity contribution in [3.05, 3.63) is 47.5 Å². The molecule has 2 aliphatic heterocycles. The molecular weight excluding hydrogens is 490 g/mol. The van der Waals surface area contributed by atoms with Crippen LogP contribution in [-0.4, -0.2) is 54.4 Å². The standard InChI is InChI=1S/C22H23F4N5O3S/c1-20(21(2)16-5-11(9-32)22(10-23,35(16)34)19(27)31-21)6-12(3-4-15(20)24)30-18(33)14-8-28-13(7-29-14)17(25)26/h3-4,7-9,11,16-17H,5-6,10H2,1-2H3,(H2,27,31)(H,30,33)/t11?,16?,20?,21-,22+,35?/m0/s1. The molecule has 6 atom stereocenters. The first kappa shape index (κ1) is 25.1. The SMILES string of the molecule is CC1([C@@]2(C)N=C(N)[C@@]3(CF)C(C=O)CC2S3=O)CC(NC(=O)c2cnc(C(F)F)cn2)=CC=C1F. The van der Waals surface area contributed by atoms with Crippen molar-refractivity contribution in [3.8, 4) is 0 Å². The highest BCUT2D eigenvalue weighted by atomic mass is 32.2. The minimum absolute atomic E-state index is 0.0150. The Balaban J connectivity index is 1.64. The number of nitrogens with two attached hydrogens (primary N) is 1. The number of aliphatic imine (C=N–C) groups is 1. The normalized spacial score (nSPS) is 36.3. The molecule has 0 aromatic carbocycles. The fraction of sp³-hybridized carbons (Fsp3) is 0.500. The van der Waals surface area contributed by atoms with Gasteiger partial charge in [0, 0.05) is 28.8 Å². The fourth-order valence-electron chi connectivity index (χ4n) is 5.09. The lowest BCUT2D eigenvalue weighted by atomic mass is 9.64. The molecule has 1 aromatic heterocycles. The fourth-order valence-corrected chi connectivity index (χ4v) is 7.52. The average molecular weight is 514 g/mol. The van der Waals surface area contributed by atoms with Crippen molar-refractivity contribution >= 4 is 28.8 Å². The van der Waals surface area contributed by atoms with Crippen LogP contribution in [0.15, 0.2) is 41.1 Å². The zero-order chi connectivity index (χ0) is 25.8. The van der Waals surface area contributed by atoms with Gasteiger partial charge in [-0.3, -0.25) is 19.0 Å². The molecular formula is C22H23F4N5O3S. The molecule has 1 fully saturated rings. The van der Waals surface area contributed by atoms with Crippen LogP contribution in [0.4, 0.5) is 17.6 Å². The van der Waals surface area contributed by atoms with Crippen LogP contribution in [0.1, 0.15) is 49.3 Å². The first-order valence-corrected chi connectivity index (χ1v) is 11.9. The van der Waals surface area contributed by atoms with Crippen molar-refractivity contribution in [2.24, 2.45) is 22.1 Å². The number of halogens is 4. The molecule has 1 saturated heterocycles. The number of carbonyl (C=O) groups is 2. The predicted molar refractivity (Wildman–Crippen MR) is 119 cm³/mol. The van der Waals surface area contributed by atoms with Crippen molar-refractivity contribution in [1.29, 1.82) is 0 Å². The van der Waals surface area contributed by atoms with Crippen LogP contribution in [0.25, 0.3) is 0 Å². The van der Waals surface area contributed by atoms with Gasteiger partial charge in [-0.2, -0.15) is 0 Å². The summed E-state index contributed by atoms with van der Waals surface area (Å²) in [5, 5.41) is 1.70. The van der Waals surface area contributed by atoms with E-state index in [4.69, 9.17) is 5.73 Å². The lowest BCUT2D eigenvalue weighted by Gasteiger charge is -2.50.